The summed E-state index contributed by atoms with van der Waals surface area (Å²) in [7, 11) is 1.35. The Labute approximate surface area is 82.5 Å². The lowest BCUT2D eigenvalue weighted by Crippen LogP contribution is -2.02. The molecule has 1 aromatic rings. The summed E-state index contributed by atoms with van der Waals surface area (Å²) >= 11 is 5.91. The van der Waals surface area contributed by atoms with Crippen molar-refractivity contribution in [2.75, 3.05) is 7.11 Å². The van der Waals surface area contributed by atoms with Crippen LogP contribution < -0.4 is 0 Å². The van der Waals surface area contributed by atoms with Crippen LogP contribution in [0.5, 0.6) is 0 Å². The average molecular weight is 199 g/mol. The van der Waals surface area contributed by atoms with Gasteiger partial charge in [-0.2, -0.15) is 0 Å². The lowest BCUT2D eigenvalue weighted by Gasteiger charge is -2.05. The summed E-state index contributed by atoms with van der Waals surface area (Å²) < 4.78 is 4.59. The molecule has 70 valence electrons. The van der Waals surface area contributed by atoms with Crippen LogP contribution in [0.2, 0.25) is 5.02 Å². The highest BCUT2D eigenvalue weighted by molar-refractivity contribution is 6.31. The van der Waals surface area contributed by atoms with Crippen LogP contribution in [0.3, 0.4) is 0 Å². The normalized spacial score (nSPS) is 9.85. The molecule has 0 heterocycles. The van der Waals surface area contributed by atoms with E-state index in [9.17, 15) is 4.79 Å². The average Bonchev–Trinajstić information content (AvgIpc) is 2.12. The fraction of sp³-hybridized carbons (Fsp3) is 0.300. The van der Waals surface area contributed by atoms with Crippen LogP contribution in [0, 0.1) is 13.8 Å². The van der Waals surface area contributed by atoms with Crippen LogP contribution >= 0.6 is 11.6 Å². The fourth-order valence-electron chi connectivity index (χ4n) is 1.05. The van der Waals surface area contributed by atoms with E-state index in [0.717, 1.165) is 11.1 Å². The molecule has 2 nitrogen and oxygen atoms in total. The van der Waals surface area contributed by atoms with Gasteiger partial charge in [0.25, 0.3) is 0 Å². The number of aryl methyl sites for hydroxylation is 1. The Morgan fingerprint density at radius 2 is 2.00 bits per heavy atom. The SMILES string of the molecule is COC(=O)c1cc(C)c(C)c(Cl)c1. The van der Waals surface area contributed by atoms with Gasteiger partial charge in [0, 0.05) is 5.02 Å². The van der Waals surface area contributed by atoms with E-state index >= 15 is 0 Å². The number of benzene rings is 1. The van der Waals surface area contributed by atoms with Gasteiger partial charge in [0.15, 0.2) is 0 Å². The van der Waals surface area contributed by atoms with Crippen molar-refractivity contribution in [3.63, 3.8) is 0 Å². The zero-order chi connectivity index (χ0) is 10.0. The Kier molecular flexibility index (Phi) is 2.94. The Morgan fingerprint density at radius 1 is 1.38 bits per heavy atom. The third-order valence-corrected chi connectivity index (χ3v) is 2.42. The molecule has 0 spiro atoms. The molecule has 13 heavy (non-hydrogen) atoms. The first-order chi connectivity index (χ1) is 6.06. The molecule has 0 saturated heterocycles. The molecule has 0 saturated carbocycles. The number of carbonyl (C=O) groups excluding carboxylic acids is 1. The summed E-state index contributed by atoms with van der Waals surface area (Å²) in [4.78, 5) is 11.1. The van der Waals surface area contributed by atoms with E-state index in [2.05, 4.69) is 4.74 Å². The molecule has 0 aliphatic carbocycles. The third-order valence-electron chi connectivity index (χ3n) is 2.03. The minimum atomic E-state index is -0.356. The largest absolute Gasteiger partial charge is 0.465 e. The van der Waals surface area contributed by atoms with E-state index in [1.165, 1.54) is 7.11 Å². The first-order valence-electron chi connectivity index (χ1n) is 3.91. The zero-order valence-corrected chi connectivity index (χ0v) is 8.61. The predicted molar refractivity (Wildman–Crippen MR) is 52.3 cm³/mol. The molecule has 0 bridgehead atoms. The summed E-state index contributed by atoms with van der Waals surface area (Å²) in [6.45, 7) is 3.83. The highest BCUT2D eigenvalue weighted by atomic mass is 35.5. The fourth-order valence-corrected chi connectivity index (χ4v) is 1.32. The monoisotopic (exact) mass is 198 g/mol. The summed E-state index contributed by atoms with van der Waals surface area (Å²) in [5, 5.41) is 0.598. The molecular weight excluding hydrogens is 188 g/mol. The second kappa shape index (κ2) is 3.79. The highest BCUT2D eigenvalue weighted by Crippen LogP contribution is 2.21. The van der Waals surface area contributed by atoms with Gasteiger partial charge in [-0.1, -0.05) is 11.6 Å². The van der Waals surface area contributed by atoms with E-state index in [0.29, 0.717) is 10.6 Å². The standard InChI is InChI=1S/C10H11ClO2/c1-6-4-8(10(12)13-3)5-9(11)7(6)2/h4-5H,1-3H3. The van der Waals surface area contributed by atoms with Crippen molar-refractivity contribution >= 4 is 17.6 Å². The molecule has 1 rings (SSSR count). The molecule has 1 aromatic carbocycles. The summed E-state index contributed by atoms with van der Waals surface area (Å²) in [6.07, 6.45) is 0. The smallest absolute Gasteiger partial charge is 0.337 e. The van der Waals surface area contributed by atoms with Gasteiger partial charge in [-0.3, -0.25) is 0 Å². The summed E-state index contributed by atoms with van der Waals surface area (Å²) in [6, 6.07) is 3.39. The van der Waals surface area contributed by atoms with E-state index in [-0.39, 0.29) is 5.97 Å². The van der Waals surface area contributed by atoms with Gasteiger partial charge in [-0.15, -0.1) is 0 Å². The van der Waals surface area contributed by atoms with E-state index in [1.807, 2.05) is 13.8 Å². The van der Waals surface area contributed by atoms with Crippen molar-refractivity contribution in [2.45, 2.75) is 13.8 Å². The molecule has 0 unspecified atom stereocenters. The molecule has 0 aliphatic rings. The van der Waals surface area contributed by atoms with Gasteiger partial charge in [0.2, 0.25) is 0 Å². The lowest BCUT2D eigenvalue weighted by molar-refractivity contribution is 0.0600. The topological polar surface area (TPSA) is 26.3 Å². The molecule has 0 aliphatic heterocycles. The van der Waals surface area contributed by atoms with Crippen molar-refractivity contribution in [3.8, 4) is 0 Å². The molecule has 0 atom stereocenters. The zero-order valence-electron chi connectivity index (χ0n) is 7.85. The van der Waals surface area contributed by atoms with Crippen molar-refractivity contribution in [1.82, 2.24) is 0 Å². The van der Waals surface area contributed by atoms with Crippen molar-refractivity contribution < 1.29 is 9.53 Å². The van der Waals surface area contributed by atoms with Gasteiger partial charge < -0.3 is 4.74 Å². The first-order valence-corrected chi connectivity index (χ1v) is 4.29. The molecule has 0 fully saturated rings. The van der Waals surface area contributed by atoms with Gasteiger partial charge in [-0.25, -0.2) is 4.79 Å². The number of halogens is 1. The van der Waals surface area contributed by atoms with Gasteiger partial charge in [-0.05, 0) is 37.1 Å². The van der Waals surface area contributed by atoms with Gasteiger partial charge >= 0.3 is 5.97 Å². The second-order valence-corrected chi connectivity index (χ2v) is 3.30. The van der Waals surface area contributed by atoms with Crippen LogP contribution in [0.15, 0.2) is 12.1 Å². The number of esters is 1. The Balaban J connectivity index is 3.20. The number of hydrogen-bond donors (Lipinski definition) is 0. The van der Waals surface area contributed by atoms with Crippen LogP contribution in [0.1, 0.15) is 21.5 Å². The number of carbonyl (C=O) groups is 1. The van der Waals surface area contributed by atoms with E-state index in [1.54, 1.807) is 12.1 Å². The number of methoxy groups -OCH3 is 1. The van der Waals surface area contributed by atoms with Crippen LogP contribution in [0.25, 0.3) is 0 Å². The minimum Gasteiger partial charge on any atom is -0.465 e. The van der Waals surface area contributed by atoms with Crippen molar-refractivity contribution in [3.05, 3.63) is 33.8 Å². The van der Waals surface area contributed by atoms with Gasteiger partial charge in [0.05, 0.1) is 12.7 Å². The third kappa shape index (κ3) is 2.01. The number of ether oxygens (including phenoxy) is 1. The quantitative estimate of drug-likeness (QED) is 0.649. The molecule has 0 radical (unpaired) electrons. The maximum atomic E-state index is 11.1. The van der Waals surface area contributed by atoms with Crippen LogP contribution in [-0.4, -0.2) is 13.1 Å². The molecule has 0 N–H and O–H groups in total. The van der Waals surface area contributed by atoms with Crippen molar-refractivity contribution in [1.29, 1.82) is 0 Å². The number of rotatable bonds is 1. The van der Waals surface area contributed by atoms with E-state index in [4.69, 9.17) is 11.6 Å². The molecule has 0 amide bonds. The summed E-state index contributed by atoms with van der Waals surface area (Å²) in [5.74, 6) is -0.356. The molecule has 0 aromatic heterocycles. The minimum absolute atomic E-state index is 0.356. The van der Waals surface area contributed by atoms with E-state index < -0.39 is 0 Å². The lowest BCUT2D eigenvalue weighted by atomic mass is 10.1. The predicted octanol–water partition coefficient (Wildman–Crippen LogP) is 2.74. The molecule has 3 heteroatoms. The Hall–Kier alpha value is -1.02. The van der Waals surface area contributed by atoms with Crippen LogP contribution in [0.4, 0.5) is 0 Å². The Bertz CT molecular complexity index is 322. The van der Waals surface area contributed by atoms with Crippen molar-refractivity contribution in [2.24, 2.45) is 0 Å². The second-order valence-electron chi connectivity index (χ2n) is 2.89. The number of hydrogen-bond acceptors (Lipinski definition) is 2. The summed E-state index contributed by atoms with van der Waals surface area (Å²) in [5.41, 5.74) is 2.48. The molecular formula is C10H11ClO2. The Morgan fingerprint density at radius 3 is 2.46 bits per heavy atom. The first kappa shape index (κ1) is 10.1. The van der Waals surface area contributed by atoms with Crippen LogP contribution in [-0.2, 0) is 4.74 Å². The highest BCUT2D eigenvalue weighted by Gasteiger charge is 2.08. The van der Waals surface area contributed by atoms with Gasteiger partial charge in [0.1, 0.15) is 0 Å². The maximum absolute atomic E-state index is 11.1. The maximum Gasteiger partial charge on any atom is 0.337 e.